The molecule has 1 saturated carbocycles. The predicted octanol–water partition coefficient (Wildman–Crippen LogP) is 2.45. The van der Waals surface area contributed by atoms with Crippen LogP contribution in [0, 0.1) is 12.7 Å². The van der Waals surface area contributed by atoms with Crippen molar-refractivity contribution in [1.82, 2.24) is 25.2 Å². The van der Waals surface area contributed by atoms with E-state index in [1.54, 1.807) is 6.07 Å². The smallest absolute Gasteiger partial charge is 0.276 e. The molecule has 1 aromatic carbocycles. The normalized spacial score (nSPS) is 18.1. The number of carbonyl (C=O) groups is 1. The first-order valence-corrected chi connectivity index (χ1v) is 9.31. The molecule has 0 unspecified atom stereocenters. The molecule has 1 N–H and O–H groups in total. The molecule has 0 atom stereocenters. The van der Waals surface area contributed by atoms with Crippen LogP contribution < -0.4 is 5.32 Å². The molecule has 1 aromatic heterocycles. The summed E-state index contributed by atoms with van der Waals surface area (Å²) in [5, 5.41) is 11.8. The summed E-state index contributed by atoms with van der Waals surface area (Å²) in [4.78, 5) is 15.0. The molecule has 2 heterocycles. The Bertz CT molecular complexity index is 795. The van der Waals surface area contributed by atoms with Gasteiger partial charge in [-0.3, -0.25) is 4.79 Å². The Labute approximate surface area is 152 Å². The third kappa shape index (κ3) is 3.49. The van der Waals surface area contributed by atoms with Gasteiger partial charge in [0.1, 0.15) is 5.82 Å². The number of piperidine rings is 1. The fraction of sp³-hybridized carbons (Fsp3) is 0.526. The van der Waals surface area contributed by atoms with Crippen molar-refractivity contribution in [2.24, 2.45) is 0 Å². The van der Waals surface area contributed by atoms with Crippen LogP contribution in [0.3, 0.4) is 0 Å². The van der Waals surface area contributed by atoms with Crippen LogP contribution in [-0.4, -0.2) is 44.9 Å². The van der Waals surface area contributed by atoms with Gasteiger partial charge in [-0.05, 0) is 63.4 Å². The second-order valence-corrected chi connectivity index (χ2v) is 7.24. The highest BCUT2D eigenvalue weighted by Gasteiger charge is 2.35. The fourth-order valence-electron chi connectivity index (χ4n) is 3.66. The molecule has 7 heteroatoms. The maximum Gasteiger partial charge on any atom is 0.276 e. The van der Waals surface area contributed by atoms with Crippen LogP contribution in [0.25, 0.3) is 0 Å². The third-order valence-electron chi connectivity index (χ3n) is 5.28. The van der Waals surface area contributed by atoms with E-state index in [2.05, 4.69) is 15.6 Å². The second kappa shape index (κ2) is 7.15. The predicted molar refractivity (Wildman–Crippen MR) is 95.2 cm³/mol. The Morgan fingerprint density at radius 2 is 2.08 bits per heavy atom. The van der Waals surface area contributed by atoms with Gasteiger partial charge in [0.2, 0.25) is 0 Å². The van der Waals surface area contributed by atoms with Crippen LogP contribution >= 0.6 is 0 Å². The molecular formula is C19H24FN5O. The lowest BCUT2D eigenvalue weighted by Crippen LogP contribution is -2.33. The van der Waals surface area contributed by atoms with Crippen molar-refractivity contribution in [3.63, 3.8) is 0 Å². The molecule has 6 nitrogen and oxygen atoms in total. The van der Waals surface area contributed by atoms with Crippen molar-refractivity contribution in [1.29, 1.82) is 0 Å². The molecule has 2 aliphatic rings. The van der Waals surface area contributed by atoms with Gasteiger partial charge in [0.15, 0.2) is 5.69 Å². The Morgan fingerprint density at radius 3 is 2.77 bits per heavy atom. The molecule has 1 aliphatic carbocycles. The average Bonchev–Trinajstić information content (AvgIpc) is 3.42. The summed E-state index contributed by atoms with van der Waals surface area (Å²) in [7, 11) is 0. The molecule has 1 saturated heterocycles. The van der Waals surface area contributed by atoms with Crippen LogP contribution in [0.15, 0.2) is 24.3 Å². The number of rotatable bonds is 5. The largest absolute Gasteiger partial charge is 0.330 e. The summed E-state index contributed by atoms with van der Waals surface area (Å²) in [6, 6.07) is 6.95. The molecule has 0 spiro atoms. The summed E-state index contributed by atoms with van der Waals surface area (Å²) in [5.74, 6) is -0.381. The van der Waals surface area contributed by atoms with Crippen LogP contribution in [0.4, 0.5) is 4.39 Å². The molecule has 1 amide bonds. The van der Waals surface area contributed by atoms with Crippen LogP contribution in [0.1, 0.15) is 53.5 Å². The van der Waals surface area contributed by atoms with Crippen molar-refractivity contribution in [3.8, 4) is 0 Å². The first kappa shape index (κ1) is 17.1. The SMILES string of the molecule is Cc1c(C(=O)N(Cc2cccc(F)c2)C2CC2)nnn1C1CCNCC1. The van der Waals surface area contributed by atoms with E-state index in [1.807, 2.05) is 22.6 Å². The van der Waals surface area contributed by atoms with E-state index in [0.29, 0.717) is 18.3 Å². The Morgan fingerprint density at radius 1 is 1.31 bits per heavy atom. The van der Waals surface area contributed by atoms with Gasteiger partial charge in [0.05, 0.1) is 11.7 Å². The number of aromatic nitrogens is 3. The van der Waals surface area contributed by atoms with E-state index in [9.17, 15) is 9.18 Å². The molecule has 26 heavy (non-hydrogen) atoms. The summed E-state index contributed by atoms with van der Waals surface area (Å²) in [6.07, 6.45) is 3.96. The quantitative estimate of drug-likeness (QED) is 0.893. The van der Waals surface area contributed by atoms with Crippen molar-refractivity contribution >= 4 is 5.91 Å². The monoisotopic (exact) mass is 357 g/mol. The highest BCUT2D eigenvalue weighted by atomic mass is 19.1. The molecule has 2 fully saturated rings. The molecule has 138 valence electrons. The van der Waals surface area contributed by atoms with Crippen molar-refractivity contribution in [3.05, 3.63) is 47.0 Å². The Hall–Kier alpha value is -2.28. The molecule has 0 bridgehead atoms. The van der Waals surface area contributed by atoms with E-state index >= 15 is 0 Å². The lowest BCUT2D eigenvalue weighted by molar-refractivity contribution is 0.0722. The van der Waals surface area contributed by atoms with Gasteiger partial charge in [0, 0.05) is 12.6 Å². The first-order chi connectivity index (χ1) is 12.6. The summed E-state index contributed by atoms with van der Waals surface area (Å²) < 4.78 is 15.4. The van der Waals surface area contributed by atoms with E-state index < -0.39 is 0 Å². The maximum absolute atomic E-state index is 13.5. The van der Waals surface area contributed by atoms with Crippen molar-refractivity contribution in [2.45, 2.75) is 51.2 Å². The van der Waals surface area contributed by atoms with Gasteiger partial charge >= 0.3 is 0 Å². The minimum Gasteiger partial charge on any atom is -0.330 e. The standard InChI is InChI=1S/C19H24FN5O/c1-13-18(22-23-25(13)17-7-9-21-10-8-17)19(26)24(16-5-6-16)12-14-3-2-4-15(20)11-14/h2-4,11,16-17,21H,5-10,12H2,1H3. The molecule has 1 aliphatic heterocycles. The lowest BCUT2D eigenvalue weighted by atomic mass is 10.1. The van der Waals surface area contributed by atoms with Gasteiger partial charge in [0.25, 0.3) is 5.91 Å². The fourth-order valence-corrected chi connectivity index (χ4v) is 3.66. The molecule has 0 radical (unpaired) electrons. The second-order valence-electron chi connectivity index (χ2n) is 7.24. The average molecular weight is 357 g/mol. The van der Waals surface area contributed by atoms with E-state index in [0.717, 1.165) is 50.0 Å². The first-order valence-electron chi connectivity index (χ1n) is 9.31. The third-order valence-corrected chi connectivity index (χ3v) is 5.28. The molecular weight excluding hydrogens is 333 g/mol. The van der Waals surface area contributed by atoms with Crippen LogP contribution in [0.5, 0.6) is 0 Å². The number of amides is 1. The summed E-state index contributed by atoms with van der Waals surface area (Å²) >= 11 is 0. The number of carbonyl (C=O) groups excluding carboxylic acids is 1. The van der Waals surface area contributed by atoms with Crippen molar-refractivity contribution < 1.29 is 9.18 Å². The summed E-state index contributed by atoms with van der Waals surface area (Å²) in [5.41, 5.74) is 2.05. The number of hydrogen-bond acceptors (Lipinski definition) is 4. The van der Waals surface area contributed by atoms with E-state index in [4.69, 9.17) is 0 Å². The van der Waals surface area contributed by atoms with Gasteiger partial charge in [-0.25, -0.2) is 9.07 Å². The van der Waals surface area contributed by atoms with Crippen molar-refractivity contribution in [2.75, 3.05) is 13.1 Å². The number of nitrogens with one attached hydrogen (secondary N) is 1. The topological polar surface area (TPSA) is 63.1 Å². The highest BCUT2D eigenvalue weighted by Crippen LogP contribution is 2.30. The number of nitrogens with zero attached hydrogens (tertiary/aromatic N) is 4. The van der Waals surface area contributed by atoms with E-state index in [-0.39, 0.29) is 17.8 Å². The highest BCUT2D eigenvalue weighted by molar-refractivity contribution is 5.93. The van der Waals surface area contributed by atoms with Gasteiger partial charge in [-0.15, -0.1) is 5.10 Å². The lowest BCUT2D eigenvalue weighted by Gasteiger charge is -2.24. The Kier molecular flexibility index (Phi) is 4.72. The van der Waals surface area contributed by atoms with Gasteiger partial charge in [-0.2, -0.15) is 0 Å². The summed E-state index contributed by atoms with van der Waals surface area (Å²) in [6.45, 7) is 4.24. The van der Waals surface area contributed by atoms with Gasteiger partial charge < -0.3 is 10.2 Å². The molecule has 4 rings (SSSR count). The zero-order chi connectivity index (χ0) is 18.1. The minimum atomic E-state index is -0.279. The number of benzene rings is 1. The Balaban J connectivity index is 1.55. The van der Waals surface area contributed by atoms with Crippen LogP contribution in [0.2, 0.25) is 0 Å². The van der Waals surface area contributed by atoms with Crippen LogP contribution in [-0.2, 0) is 6.54 Å². The maximum atomic E-state index is 13.5. The zero-order valence-corrected chi connectivity index (χ0v) is 15.0. The van der Waals surface area contributed by atoms with E-state index in [1.165, 1.54) is 12.1 Å². The number of halogens is 1. The molecule has 2 aromatic rings. The number of hydrogen-bond donors (Lipinski definition) is 1. The van der Waals surface area contributed by atoms with Gasteiger partial charge in [-0.1, -0.05) is 17.3 Å². The minimum absolute atomic E-state index is 0.102. The zero-order valence-electron chi connectivity index (χ0n) is 15.0.